The number of rotatable bonds is 2. The van der Waals surface area contributed by atoms with Crippen molar-refractivity contribution in [1.29, 1.82) is 0 Å². The third-order valence-corrected chi connectivity index (χ3v) is 8.42. The SMILES string of the molecule is c1cc(-c2ccc3c4c(cccc24)-c2ccccc2S3)cc(-c2cccc3oc4ccccc4c23)c1. The molecule has 7 aromatic rings. The molecule has 0 fully saturated rings. The maximum Gasteiger partial charge on any atom is 0.136 e. The van der Waals surface area contributed by atoms with Crippen LogP contribution in [0.4, 0.5) is 0 Å². The predicted molar refractivity (Wildman–Crippen MR) is 152 cm³/mol. The van der Waals surface area contributed by atoms with Gasteiger partial charge in [0.2, 0.25) is 0 Å². The second-order valence-electron chi connectivity index (χ2n) is 9.30. The van der Waals surface area contributed by atoms with Gasteiger partial charge in [-0.1, -0.05) is 103 Å². The van der Waals surface area contributed by atoms with Gasteiger partial charge in [0.25, 0.3) is 0 Å². The van der Waals surface area contributed by atoms with Crippen LogP contribution in [0.25, 0.3) is 66.1 Å². The summed E-state index contributed by atoms with van der Waals surface area (Å²) in [6.07, 6.45) is 0. The fraction of sp³-hybridized carbons (Fsp3) is 0. The molecule has 2 heteroatoms. The summed E-state index contributed by atoms with van der Waals surface area (Å²) in [6.45, 7) is 0. The lowest BCUT2D eigenvalue weighted by molar-refractivity contribution is 0.669. The minimum atomic E-state index is 0.927. The van der Waals surface area contributed by atoms with Gasteiger partial charge in [0, 0.05) is 25.9 Å². The predicted octanol–water partition coefficient (Wildman–Crippen LogP) is 10.2. The molecule has 2 heterocycles. The van der Waals surface area contributed by atoms with Crippen LogP contribution in [0.1, 0.15) is 0 Å². The quantitative estimate of drug-likeness (QED) is 0.246. The van der Waals surface area contributed by atoms with E-state index in [1.807, 2.05) is 23.9 Å². The van der Waals surface area contributed by atoms with Gasteiger partial charge >= 0.3 is 0 Å². The van der Waals surface area contributed by atoms with Crippen molar-refractivity contribution in [3.05, 3.63) is 121 Å². The highest BCUT2D eigenvalue weighted by atomic mass is 32.2. The highest BCUT2D eigenvalue weighted by molar-refractivity contribution is 7.99. The number of fused-ring (bicyclic) bond motifs is 5. The van der Waals surface area contributed by atoms with Crippen molar-refractivity contribution in [3.63, 3.8) is 0 Å². The molecule has 0 spiro atoms. The largest absolute Gasteiger partial charge is 0.456 e. The van der Waals surface area contributed by atoms with E-state index < -0.39 is 0 Å². The van der Waals surface area contributed by atoms with Crippen LogP contribution in [0.15, 0.2) is 136 Å². The highest BCUT2D eigenvalue weighted by Gasteiger charge is 2.20. The van der Waals surface area contributed by atoms with Gasteiger partial charge in [0.15, 0.2) is 0 Å². The molecule has 6 aromatic carbocycles. The van der Waals surface area contributed by atoms with Crippen molar-refractivity contribution in [1.82, 2.24) is 0 Å². The molecule has 1 aliphatic rings. The molecule has 0 saturated carbocycles. The van der Waals surface area contributed by atoms with Crippen molar-refractivity contribution < 1.29 is 4.42 Å². The van der Waals surface area contributed by atoms with Gasteiger partial charge < -0.3 is 4.42 Å². The minimum Gasteiger partial charge on any atom is -0.456 e. The Balaban J connectivity index is 1.35. The molecular formula is C34H20OS. The Morgan fingerprint density at radius 2 is 1.11 bits per heavy atom. The second-order valence-corrected chi connectivity index (χ2v) is 10.4. The Bertz CT molecular complexity index is 1980. The molecule has 0 N–H and O–H groups in total. The van der Waals surface area contributed by atoms with Crippen LogP contribution in [0.2, 0.25) is 0 Å². The third kappa shape index (κ3) is 2.85. The van der Waals surface area contributed by atoms with E-state index in [4.69, 9.17) is 4.42 Å². The topological polar surface area (TPSA) is 13.1 Å². The standard InChI is InChI=1S/C34H20OS/c1-3-15-29-28(11-1)33-24(12-7-16-30(33)35-29)22-9-5-8-21(20-22)23-18-19-32-34-26(23)13-6-14-27(34)25-10-2-4-17-31(25)36-32/h1-20H. The molecule has 0 atom stereocenters. The normalized spacial score (nSPS) is 12.3. The van der Waals surface area contributed by atoms with E-state index >= 15 is 0 Å². The summed E-state index contributed by atoms with van der Waals surface area (Å²) in [7, 11) is 0. The summed E-state index contributed by atoms with van der Waals surface area (Å²) in [5.74, 6) is 0. The van der Waals surface area contributed by atoms with Crippen molar-refractivity contribution in [2.24, 2.45) is 0 Å². The Hall–Kier alpha value is -4.27. The summed E-state index contributed by atoms with van der Waals surface area (Å²) in [6, 6.07) is 43.6. The lowest BCUT2D eigenvalue weighted by Crippen LogP contribution is -1.94. The maximum atomic E-state index is 6.16. The fourth-order valence-corrected chi connectivity index (χ4v) is 6.83. The summed E-state index contributed by atoms with van der Waals surface area (Å²) < 4.78 is 6.16. The van der Waals surface area contributed by atoms with Crippen LogP contribution in [0, 0.1) is 0 Å². The highest BCUT2D eigenvalue weighted by Crippen LogP contribution is 2.49. The van der Waals surface area contributed by atoms with Crippen molar-refractivity contribution in [2.75, 3.05) is 0 Å². The molecule has 0 amide bonds. The molecule has 1 aliphatic heterocycles. The average molecular weight is 477 g/mol. The van der Waals surface area contributed by atoms with E-state index in [2.05, 4.69) is 109 Å². The first-order valence-electron chi connectivity index (χ1n) is 12.2. The zero-order chi connectivity index (χ0) is 23.6. The second kappa shape index (κ2) is 7.61. The first-order chi connectivity index (χ1) is 17.8. The molecule has 8 rings (SSSR count). The van der Waals surface area contributed by atoms with Crippen molar-refractivity contribution in [2.45, 2.75) is 9.79 Å². The molecule has 0 bridgehead atoms. The van der Waals surface area contributed by atoms with E-state index in [1.54, 1.807) is 0 Å². The van der Waals surface area contributed by atoms with Crippen LogP contribution in [0.3, 0.4) is 0 Å². The molecule has 1 aromatic heterocycles. The number of para-hydroxylation sites is 1. The van der Waals surface area contributed by atoms with Crippen LogP contribution in [-0.2, 0) is 0 Å². The molecule has 0 aliphatic carbocycles. The zero-order valence-electron chi connectivity index (χ0n) is 19.4. The molecule has 1 nitrogen and oxygen atoms in total. The van der Waals surface area contributed by atoms with Gasteiger partial charge in [-0.15, -0.1) is 0 Å². The molecule has 36 heavy (non-hydrogen) atoms. The van der Waals surface area contributed by atoms with Crippen LogP contribution < -0.4 is 0 Å². The van der Waals surface area contributed by atoms with E-state index in [0.717, 1.165) is 16.6 Å². The van der Waals surface area contributed by atoms with Crippen molar-refractivity contribution >= 4 is 44.5 Å². The molecule has 0 radical (unpaired) electrons. The lowest BCUT2D eigenvalue weighted by Gasteiger charge is -2.21. The molecule has 168 valence electrons. The number of furan rings is 1. The number of hydrogen-bond acceptors (Lipinski definition) is 2. The van der Waals surface area contributed by atoms with Crippen LogP contribution in [-0.4, -0.2) is 0 Å². The van der Waals surface area contributed by atoms with Gasteiger partial charge in [0.05, 0.1) is 0 Å². The smallest absolute Gasteiger partial charge is 0.136 e. The van der Waals surface area contributed by atoms with Gasteiger partial charge in [-0.05, 0) is 69.1 Å². The summed E-state index contributed by atoms with van der Waals surface area (Å²) in [4.78, 5) is 2.65. The minimum absolute atomic E-state index is 0.927. The lowest BCUT2D eigenvalue weighted by atomic mass is 9.91. The number of benzene rings is 6. The van der Waals surface area contributed by atoms with E-state index in [9.17, 15) is 0 Å². The monoisotopic (exact) mass is 476 g/mol. The molecule has 0 unspecified atom stereocenters. The van der Waals surface area contributed by atoms with Gasteiger partial charge in [-0.25, -0.2) is 0 Å². The van der Waals surface area contributed by atoms with Crippen LogP contribution >= 0.6 is 11.8 Å². The van der Waals surface area contributed by atoms with Crippen molar-refractivity contribution in [3.8, 4) is 33.4 Å². The summed E-state index contributed by atoms with van der Waals surface area (Å²) in [5.41, 5.74) is 9.39. The first-order valence-corrected chi connectivity index (χ1v) is 13.0. The number of hydrogen-bond donors (Lipinski definition) is 0. The van der Waals surface area contributed by atoms with Gasteiger partial charge in [-0.3, -0.25) is 0 Å². The Morgan fingerprint density at radius 1 is 0.417 bits per heavy atom. The Labute approximate surface area is 213 Å². The Morgan fingerprint density at radius 3 is 2.08 bits per heavy atom. The van der Waals surface area contributed by atoms with E-state index in [0.29, 0.717) is 0 Å². The fourth-order valence-electron chi connectivity index (χ4n) is 5.70. The van der Waals surface area contributed by atoms with Gasteiger partial charge in [0.1, 0.15) is 11.2 Å². The zero-order valence-corrected chi connectivity index (χ0v) is 20.2. The molecule has 0 saturated heterocycles. The molecular weight excluding hydrogens is 456 g/mol. The van der Waals surface area contributed by atoms with Gasteiger partial charge in [-0.2, -0.15) is 0 Å². The van der Waals surface area contributed by atoms with Crippen LogP contribution in [0.5, 0.6) is 0 Å². The summed E-state index contributed by atoms with van der Waals surface area (Å²) >= 11 is 1.87. The maximum absolute atomic E-state index is 6.16. The van der Waals surface area contributed by atoms with E-state index in [-0.39, 0.29) is 0 Å². The summed E-state index contributed by atoms with van der Waals surface area (Å²) in [5, 5.41) is 4.99. The third-order valence-electron chi connectivity index (χ3n) is 7.29. The van der Waals surface area contributed by atoms with E-state index in [1.165, 1.54) is 59.3 Å². The first kappa shape index (κ1) is 20.0. The average Bonchev–Trinajstić information content (AvgIpc) is 3.32. The Kier molecular flexibility index (Phi) is 4.22.